The van der Waals surface area contributed by atoms with Crippen molar-refractivity contribution in [2.75, 3.05) is 0 Å². The standard InChI is InChI=1S/C15H15BrN2O3/c1-8-12(9(2)18-13(8)15(20)21)14(19)17-7-10-4-3-5-11(16)6-10/h3-6,18H,7H2,1-2H3,(H,17,19)(H,20,21). The lowest BCUT2D eigenvalue weighted by Gasteiger charge is -2.06. The number of aromatic amines is 1. The Morgan fingerprint density at radius 1 is 1.33 bits per heavy atom. The lowest BCUT2D eigenvalue weighted by molar-refractivity contribution is 0.0690. The van der Waals surface area contributed by atoms with Gasteiger partial charge in [-0.3, -0.25) is 4.79 Å². The molecule has 1 amide bonds. The lowest BCUT2D eigenvalue weighted by atomic mass is 10.1. The molecule has 0 aliphatic carbocycles. The van der Waals surface area contributed by atoms with Crippen molar-refractivity contribution in [3.05, 3.63) is 56.8 Å². The summed E-state index contributed by atoms with van der Waals surface area (Å²) >= 11 is 3.37. The summed E-state index contributed by atoms with van der Waals surface area (Å²) in [7, 11) is 0. The van der Waals surface area contributed by atoms with Crippen molar-refractivity contribution in [2.45, 2.75) is 20.4 Å². The molecule has 3 N–H and O–H groups in total. The monoisotopic (exact) mass is 350 g/mol. The smallest absolute Gasteiger partial charge is 0.352 e. The quantitative estimate of drug-likeness (QED) is 0.792. The van der Waals surface area contributed by atoms with E-state index < -0.39 is 5.97 Å². The van der Waals surface area contributed by atoms with Crippen molar-refractivity contribution in [1.82, 2.24) is 10.3 Å². The maximum atomic E-state index is 12.2. The molecular weight excluding hydrogens is 336 g/mol. The number of benzene rings is 1. The molecule has 6 heteroatoms. The molecule has 0 atom stereocenters. The zero-order chi connectivity index (χ0) is 15.6. The summed E-state index contributed by atoms with van der Waals surface area (Å²) in [5.41, 5.74) is 2.41. The summed E-state index contributed by atoms with van der Waals surface area (Å²) < 4.78 is 0.941. The molecule has 0 aliphatic rings. The summed E-state index contributed by atoms with van der Waals surface area (Å²) in [4.78, 5) is 26.0. The molecule has 0 aliphatic heterocycles. The number of H-pyrrole nitrogens is 1. The first-order chi connectivity index (χ1) is 9.90. The van der Waals surface area contributed by atoms with Crippen LogP contribution in [-0.4, -0.2) is 22.0 Å². The van der Waals surface area contributed by atoms with Crippen molar-refractivity contribution in [3.8, 4) is 0 Å². The van der Waals surface area contributed by atoms with E-state index in [1.54, 1.807) is 13.8 Å². The van der Waals surface area contributed by atoms with Gasteiger partial charge in [-0.1, -0.05) is 28.1 Å². The van der Waals surface area contributed by atoms with Crippen molar-refractivity contribution in [3.63, 3.8) is 0 Å². The number of carboxylic acid groups (broad SMARTS) is 1. The molecule has 2 aromatic rings. The third kappa shape index (κ3) is 3.33. The number of carbonyl (C=O) groups excluding carboxylic acids is 1. The van der Waals surface area contributed by atoms with Gasteiger partial charge in [0.25, 0.3) is 5.91 Å². The molecule has 0 saturated carbocycles. The van der Waals surface area contributed by atoms with Crippen molar-refractivity contribution in [2.24, 2.45) is 0 Å². The van der Waals surface area contributed by atoms with Crippen LogP contribution in [-0.2, 0) is 6.54 Å². The Hall–Kier alpha value is -2.08. The van der Waals surface area contributed by atoms with E-state index in [1.807, 2.05) is 24.3 Å². The van der Waals surface area contributed by atoms with Gasteiger partial charge in [0.1, 0.15) is 5.69 Å². The minimum Gasteiger partial charge on any atom is -0.477 e. The highest BCUT2D eigenvalue weighted by Crippen LogP contribution is 2.18. The normalized spacial score (nSPS) is 10.4. The van der Waals surface area contributed by atoms with E-state index in [0.29, 0.717) is 23.4 Å². The number of hydrogen-bond acceptors (Lipinski definition) is 2. The number of aromatic nitrogens is 1. The number of amides is 1. The molecule has 0 unspecified atom stereocenters. The van der Waals surface area contributed by atoms with E-state index in [1.165, 1.54) is 0 Å². The summed E-state index contributed by atoms with van der Waals surface area (Å²) in [6.07, 6.45) is 0. The van der Waals surface area contributed by atoms with Gasteiger partial charge in [0.05, 0.1) is 5.56 Å². The Morgan fingerprint density at radius 3 is 2.62 bits per heavy atom. The topological polar surface area (TPSA) is 82.2 Å². The third-order valence-corrected chi connectivity index (χ3v) is 3.71. The van der Waals surface area contributed by atoms with Gasteiger partial charge in [-0.15, -0.1) is 0 Å². The Balaban J connectivity index is 2.16. The molecule has 0 fully saturated rings. The number of nitrogens with one attached hydrogen (secondary N) is 2. The van der Waals surface area contributed by atoms with Gasteiger partial charge in [-0.25, -0.2) is 4.79 Å². The van der Waals surface area contributed by atoms with E-state index in [4.69, 9.17) is 5.11 Å². The van der Waals surface area contributed by atoms with Crippen LogP contribution in [0.5, 0.6) is 0 Å². The SMILES string of the molecule is Cc1[nH]c(C(=O)O)c(C)c1C(=O)NCc1cccc(Br)c1. The van der Waals surface area contributed by atoms with Crippen LogP contribution in [0.3, 0.4) is 0 Å². The van der Waals surface area contributed by atoms with Gasteiger partial charge >= 0.3 is 5.97 Å². The van der Waals surface area contributed by atoms with Crippen LogP contribution < -0.4 is 5.32 Å². The van der Waals surface area contributed by atoms with Gasteiger partial charge in [-0.2, -0.15) is 0 Å². The Labute approximate surface area is 130 Å². The fraction of sp³-hybridized carbons (Fsp3) is 0.200. The van der Waals surface area contributed by atoms with Crippen molar-refractivity contribution < 1.29 is 14.7 Å². The van der Waals surface area contributed by atoms with Crippen LogP contribution >= 0.6 is 15.9 Å². The maximum absolute atomic E-state index is 12.2. The summed E-state index contributed by atoms with van der Waals surface area (Å²) in [5.74, 6) is -1.35. The molecule has 0 radical (unpaired) electrons. The third-order valence-electron chi connectivity index (χ3n) is 3.22. The number of halogens is 1. The second-order valence-corrected chi connectivity index (χ2v) is 5.66. The van der Waals surface area contributed by atoms with Crippen LogP contribution in [0.25, 0.3) is 0 Å². The predicted octanol–water partition coefficient (Wildman–Crippen LogP) is 3.02. The second kappa shape index (κ2) is 6.13. The number of hydrogen-bond donors (Lipinski definition) is 3. The maximum Gasteiger partial charge on any atom is 0.352 e. The minimum atomic E-state index is -1.07. The molecule has 2 rings (SSSR count). The predicted molar refractivity (Wildman–Crippen MR) is 82.5 cm³/mol. The molecule has 0 bridgehead atoms. The minimum absolute atomic E-state index is 0.0557. The first kappa shape index (κ1) is 15.3. The van der Waals surface area contributed by atoms with Crippen molar-refractivity contribution in [1.29, 1.82) is 0 Å². The lowest BCUT2D eigenvalue weighted by Crippen LogP contribution is -2.23. The van der Waals surface area contributed by atoms with Crippen LogP contribution in [0.4, 0.5) is 0 Å². The summed E-state index contributed by atoms with van der Waals surface area (Å²) in [5, 5.41) is 11.9. The Morgan fingerprint density at radius 2 is 2.05 bits per heavy atom. The van der Waals surface area contributed by atoms with Crippen molar-refractivity contribution >= 4 is 27.8 Å². The molecule has 5 nitrogen and oxygen atoms in total. The second-order valence-electron chi connectivity index (χ2n) is 4.74. The fourth-order valence-corrected chi connectivity index (χ4v) is 2.67. The van der Waals surface area contributed by atoms with Gasteiger partial charge in [-0.05, 0) is 37.1 Å². The molecule has 110 valence electrons. The molecule has 0 saturated heterocycles. The van der Waals surface area contributed by atoms with Gasteiger partial charge < -0.3 is 15.4 Å². The fourth-order valence-electron chi connectivity index (χ4n) is 2.22. The van der Waals surface area contributed by atoms with Crippen LogP contribution in [0.2, 0.25) is 0 Å². The zero-order valence-electron chi connectivity index (χ0n) is 11.7. The number of carboxylic acids is 1. The largest absolute Gasteiger partial charge is 0.477 e. The average molecular weight is 351 g/mol. The van der Waals surface area contributed by atoms with Crippen LogP contribution in [0.15, 0.2) is 28.7 Å². The molecule has 1 heterocycles. The Kier molecular flexibility index (Phi) is 4.47. The van der Waals surface area contributed by atoms with E-state index in [0.717, 1.165) is 10.0 Å². The average Bonchev–Trinajstić information content (AvgIpc) is 2.72. The number of aromatic carboxylic acids is 1. The summed E-state index contributed by atoms with van der Waals surface area (Å²) in [6.45, 7) is 3.69. The summed E-state index contributed by atoms with van der Waals surface area (Å²) in [6, 6.07) is 7.62. The molecule has 21 heavy (non-hydrogen) atoms. The zero-order valence-corrected chi connectivity index (χ0v) is 13.2. The van der Waals surface area contributed by atoms with Crippen LogP contribution in [0.1, 0.15) is 37.7 Å². The molecule has 1 aromatic carbocycles. The van der Waals surface area contributed by atoms with Gasteiger partial charge in [0.2, 0.25) is 0 Å². The van der Waals surface area contributed by atoms with E-state index in [2.05, 4.69) is 26.2 Å². The van der Waals surface area contributed by atoms with E-state index >= 15 is 0 Å². The number of carbonyl (C=O) groups is 2. The van der Waals surface area contributed by atoms with Gasteiger partial charge in [0.15, 0.2) is 0 Å². The first-order valence-corrected chi connectivity index (χ1v) is 7.14. The van der Waals surface area contributed by atoms with E-state index in [-0.39, 0.29) is 11.6 Å². The van der Waals surface area contributed by atoms with Crippen LogP contribution in [0, 0.1) is 13.8 Å². The Bertz CT molecular complexity index is 707. The first-order valence-electron chi connectivity index (χ1n) is 6.35. The molecular formula is C15H15BrN2O3. The molecule has 1 aromatic heterocycles. The molecule has 0 spiro atoms. The highest BCUT2D eigenvalue weighted by molar-refractivity contribution is 9.10. The highest BCUT2D eigenvalue weighted by Gasteiger charge is 2.21. The number of rotatable bonds is 4. The number of aryl methyl sites for hydroxylation is 1. The van der Waals surface area contributed by atoms with Gasteiger partial charge in [0, 0.05) is 16.7 Å². The highest BCUT2D eigenvalue weighted by atomic mass is 79.9. The van der Waals surface area contributed by atoms with E-state index in [9.17, 15) is 9.59 Å².